The predicted octanol–water partition coefficient (Wildman–Crippen LogP) is 2.45. The van der Waals surface area contributed by atoms with Crippen molar-refractivity contribution in [3.63, 3.8) is 0 Å². The van der Waals surface area contributed by atoms with E-state index in [1.165, 1.54) is 5.56 Å². The molecule has 24 heavy (non-hydrogen) atoms. The third-order valence-electron chi connectivity index (χ3n) is 5.30. The van der Waals surface area contributed by atoms with Crippen molar-refractivity contribution < 1.29 is 4.79 Å². The highest BCUT2D eigenvalue weighted by Gasteiger charge is 2.38. The Labute approximate surface area is 146 Å². The molecule has 0 bridgehead atoms. The van der Waals surface area contributed by atoms with E-state index in [4.69, 9.17) is 0 Å². The van der Waals surface area contributed by atoms with Crippen molar-refractivity contribution in [1.82, 2.24) is 14.7 Å². The van der Waals surface area contributed by atoms with Crippen LogP contribution in [0.4, 0.5) is 0 Å². The Morgan fingerprint density at radius 1 is 1.00 bits per heavy atom. The highest BCUT2D eigenvalue weighted by molar-refractivity contribution is 5.78. The van der Waals surface area contributed by atoms with Crippen molar-refractivity contribution >= 4 is 5.91 Å². The van der Waals surface area contributed by atoms with E-state index in [-0.39, 0.29) is 11.4 Å². The summed E-state index contributed by atoms with van der Waals surface area (Å²) in [4.78, 5) is 19.5. The van der Waals surface area contributed by atoms with Crippen molar-refractivity contribution in [3.8, 4) is 0 Å². The summed E-state index contributed by atoms with van der Waals surface area (Å²) in [6.07, 6.45) is 0. The van der Waals surface area contributed by atoms with Gasteiger partial charge in [0.05, 0.1) is 6.54 Å². The second-order valence-electron chi connectivity index (χ2n) is 8.84. The van der Waals surface area contributed by atoms with Gasteiger partial charge < -0.3 is 4.90 Å². The van der Waals surface area contributed by atoms with Crippen LogP contribution in [0.3, 0.4) is 0 Å². The maximum absolute atomic E-state index is 12.6. The van der Waals surface area contributed by atoms with Gasteiger partial charge in [-0.3, -0.25) is 14.6 Å². The Morgan fingerprint density at radius 2 is 1.67 bits per heavy atom. The van der Waals surface area contributed by atoms with Gasteiger partial charge in [0.15, 0.2) is 0 Å². The van der Waals surface area contributed by atoms with Crippen LogP contribution in [0.1, 0.15) is 33.3 Å². The monoisotopic (exact) mass is 329 g/mol. The fourth-order valence-electron chi connectivity index (χ4n) is 4.07. The zero-order valence-corrected chi connectivity index (χ0v) is 15.6. The van der Waals surface area contributed by atoms with Gasteiger partial charge in [-0.1, -0.05) is 44.2 Å². The van der Waals surface area contributed by atoms with Gasteiger partial charge in [0.2, 0.25) is 5.91 Å². The molecule has 0 aromatic heterocycles. The molecule has 0 unspecified atom stereocenters. The maximum Gasteiger partial charge on any atom is 0.236 e. The summed E-state index contributed by atoms with van der Waals surface area (Å²) in [5.74, 6) is 0.290. The van der Waals surface area contributed by atoms with Gasteiger partial charge in [0.1, 0.15) is 0 Å². The van der Waals surface area contributed by atoms with Gasteiger partial charge in [-0.05, 0) is 24.8 Å². The molecule has 132 valence electrons. The lowest BCUT2D eigenvalue weighted by Crippen LogP contribution is -2.62. The Morgan fingerprint density at radius 3 is 2.25 bits per heavy atom. The van der Waals surface area contributed by atoms with Crippen LogP contribution in [0, 0.1) is 5.41 Å². The van der Waals surface area contributed by atoms with Gasteiger partial charge >= 0.3 is 0 Å². The van der Waals surface area contributed by atoms with Crippen LogP contribution in [0.2, 0.25) is 0 Å². The van der Waals surface area contributed by atoms with Gasteiger partial charge in [-0.25, -0.2) is 0 Å². The zero-order valence-electron chi connectivity index (χ0n) is 15.6. The van der Waals surface area contributed by atoms with Gasteiger partial charge in [0, 0.05) is 44.8 Å². The fourth-order valence-corrected chi connectivity index (χ4v) is 4.07. The van der Waals surface area contributed by atoms with E-state index in [0.717, 1.165) is 39.3 Å². The van der Waals surface area contributed by atoms with Crippen molar-refractivity contribution in [2.24, 2.45) is 5.41 Å². The van der Waals surface area contributed by atoms with E-state index in [2.05, 4.69) is 72.7 Å². The quantitative estimate of drug-likeness (QED) is 0.849. The first-order chi connectivity index (χ1) is 11.3. The van der Waals surface area contributed by atoms with E-state index in [1.54, 1.807) is 0 Å². The summed E-state index contributed by atoms with van der Waals surface area (Å²) in [5.41, 5.74) is 1.74. The minimum Gasteiger partial charge on any atom is -0.338 e. The van der Waals surface area contributed by atoms with E-state index < -0.39 is 0 Å². The van der Waals surface area contributed by atoms with Crippen LogP contribution in [-0.4, -0.2) is 65.4 Å². The summed E-state index contributed by atoms with van der Waals surface area (Å²) in [6, 6.07) is 10.6. The molecule has 0 aliphatic carbocycles. The standard InChI is InChI=1S/C20H31N3O/c1-19(2)14-21(15-19)13-18(24)22-10-11-23(20(3,4)16-22)12-17-8-6-5-7-9-17/h5-9H,10-16H2,1-4H3. The first-order valence-corrected chi connectivity index (χ1v) is 9.04. The number of benzene rings is 1. The number of carbonyl (C=O) groups excluding carboxylic acids is 1. The summed E-state index contributed by atoms with van der Waals surface area (Å²) in [6.45, 7) is 15.2. The van der Waals surface area contributed by atoms with Gasteiger partial charge in [-0.2, -0.15) is 0 Å². The molecule has 4 heteroatoms. The van der Waals surface area contributed by atoms with Gasteiger partial charge in [0.25, 0.3) is 0 Å². The first-order valence-electron chi connectivity index (χ1n) is 9.04. The number of hydrogen-bond acceptors (Lipinski definition) is 3. The SMILES string of the molecule is CC1(C)CN(CC(=O)N2CCN(Cc3ccccc3)C(C)(C)C2)C1. The lowest BCUT2D eigenvalue weighted by molar-refractivity contribution is -0.140. The topological polar surface area (TPSA) is 26.8 Å². The maximum atomic E-state index is 12.6. The molecule has 0 saturated carbocycles. The summed E-state index contributed by atoms with van der Waals surface area (Å²) >= 11 is 0. The number of amides is 1. The molecular weight excluding hydrogens is 298 g/mol. The molecule has 0 spiro atoms. The Hall–Kier alpha value is -1.39. The van der Waals surface area contributed by atoms with Crippen LogP contribution in [0.15, 0.2) is 30.3 Å². The Balaban J connectivity index is 1.54. The van der Waals surface area contributed by atoms with Crippen molar-refractivity contribution in [1.29, 1.82) is 0 Å². The predicted molar refractivity (Wildman–Crippen MR) is 97.7 cm³/mol. The lowest BCUT2D eigenvalue weighted by Gasteiger charge is -2.49. The number of piperazine rings is 1. The number of rotatable bonds is 4. The van der Waals surface area contributed by atoms with Crippen LogP contribution >= 0.6 is 0 Å². The Kier molecular flexibility index (Phi) is 4.71. The van der Waals surface area contributed by atoms with Crippen LogP contribution in [0.25, 0.3) is 0 Å². The summed E-state index contributed by atoms with van der Waals surface area (Å²) < 4.78 is 0. The highest BCUT2D eigenvalue weighted by atomic mass is 16.2. The summed E-state index contributed by atoms with van der Waals surface area (Å²) in [7, 11) is 0. The third-order valence-corrected chi connectivity index (χ3v) is 5.30. The minimum absolute atomic E-state index is 0.0119. The molecule has 2 heterocycles. The van der Waals surface area contributed by atoms with Crippen LogP contribution in [-0.2, 0) is 11.3 Å². The molecule has 2 aliphatic rings. The average molecular weight is 329 g/mol. The lowest BCUT2D eigenvalue weighted by atomic mass is 9.84. The van der Waals surface area contributed by atoms with Crippen molar-refractivity contribution in [2.45, 2.75) is 39.8 Å². The fraction of sp³-hybridized carbons (Fsp3) is 0.650. The molecule has 1 aromatic rings. The molecule has 0 radical (unpaired) electrons. The zero-order chi connectivity index (χ0) is 17.4. The molecule has 3 rings (SSSR count). The largest absolute Gasteiger partial charge is 0.338 e. The molecule has 1 amide bonds. The third kappa shape index (κ3) is 3.98. The minimum atomic E-state index is 0.0119. The molecule has 4 nitrogen and oxygen atoms in total. The van der Waals surface area contributed by atoms with Crippen molar-refractivity contribution in [3.05, 3.63) is 35.9 Å². The van der Waals surface area contributed by atoms with E-state index in [9.17, 15) is 4.79 Å². The second kappa shape index (κ2) is 6.49. The molecular formula is C20H31N3O. The van der Waals surface area contributed by atoms with Crippen molar-refractivity contribution in [2.75, 3.05) is 39.3 Å². The van der Waals surface area contributed by atoms with E-state index in [1.807, 2.05) is 0 Å². The number of carbonyl (C=O) groups is 1. The molecule has 1 aromatic carbocycles. The molecule has 0 atom stereocenters. The van der Waals surface area contributed by atoms with Crippen LogP contribution in [0.5, 0.6) is 0 Å². The molecule has 0 N–H and O–H groups in total. The second-order valence-corrected chi connectivity index (χ2v) is 8.84. The van der Waals surface area contributed by atoms with Gasteiger partial charge in [-0.15, -0.1) is 0 Å². The number of nitrogens with zero attached hydrogens (tertiary/aromatic N) is 3. The van der Waals surface area contributed by atoms with E-state index >= 15 is 0 Å². The average Bonchev–Trinajstić information content (AvgIpc) is 2.48. The molecule has 2 fully saturated rings. The molecule has 2 saturated heterocycles. The van der Waals surface area contributed by atoms with E-state index in [0.29, 0.717) is 12.0 Å². The smallest absolute Gasteiger partial charge is 0.236 e. The number of hydrogen-bond donors (Lipinski definition) is 0. The number of likely N-dealkylation sites (tertiary alicyclic amines) is 1. The van der Waals surface area contributed by atoms with Crippen LogP contribution < -0.4 is 0 Å². The first kappa shape index (κ1) is 17.4. The molecule has 2 aliphatic heterocycles. The highest BCUT2D eigenvalue weighted by Crippen LogP contribution is 2.29. The summed E-state index contributed by atoms with van der Waals surface area (Å²) in [5, 5.41) is 0. The Bertz CT molecular complexity index is 574. The normalized spacial score (nSPS) is 23.8.